The van der Waals surface area contributed by atoms with Crippen LogP contribution < -0.4 is 4.74 Å². The second-order valence-corrected chi connectivity index (χ2v) is 18.2. The van der Waals surface area contributed by atoms with E-state index in [9.17, 15) is 66.3 Å². The van der Waals surface area contributed by atoms with Gasteiger partial charge < -0.3 is 80.2 Å². The number of allylic oxidation sites excluding steroid dienone is 2. The van der Waals surface area contributed by atoms with Crippen LogP contribution in [0.5, 0.6) is 5.75 Å². The molecule has 12 N–H and O–H groups in total. The third-order valence-corrected chi connectivity index (χ3v) is 12.9. The van der Waals surface area contributed by atoms with Gasteiger partial charge in [-0.05, 0) is 75.6 Å². The molecule has 0 bridgehead atoms. The highest BCUT2D eigenvalue weighted by Crippen LogP contribution is 2.33. The molecule has 0 saturated carbocycles. The maximum absolute atomic E-state index is 10.6. The molecule has 3 saturated heterocycles. The highest BCUT2D eigenvalue weighted by molar-refractivity contribution is 5.85. The first-order valence-electron chi connectivity index (χ1n) is 24.5. The predicted molar refractivity (Wildman–Crippen MR) is 279 cm³/mol. The first-order chi connectivity index (χ1) is 38.4. The second kappa shape index (κ2) is 29.5. The van der Waals surface area contributed by atoms with Crippen LogP contribution in [0.15, 0.2) is 121 Å². The van der Waals surface area contributed by atoms with Crippen LogP contribution in [0.1, 0.15) is 29.1 Å². The standard InChI is InChI=1S/C19H21NO7.C18H20N2O8.C18H19NO6/c1-20-18(27-19-17(24)16(23)15(22)14(9-21)26-19)12-4-3-11-8-13(25-2)6-5-10(11)7-12;1-19-14(28-18-17(24)16(23)15(22)13(10-21)27-18)5-3-2-4-11-6-8-12(9-7-11)20(25)26;1-19-17(12-7-6-10-4-2-3-5-11(10)8-12)25-18-16(23)15(22)14(21)13(9-20)24-18/h3-8,14-19,21-24H,9H2,2H3;2-9,13-18,21-24H,10H2;2-8,13-18,20-23H,9H2/b;4-2+,5-3+;. The van der Waals surface area contributed by atoms with E-state index in [1.165, 1.54) is 24.3 Å². The van der Waals surface area contributed by atoms with E-state index in [1.54, 1.807) is 55.7 Å². The van der Waals surface area contributed by atoms with Crippen LogP contribution in [0.3, 0.4) is 0 Å². The molecule has 25 heteroatoms. The molecule has 3 fully saturated rings. The van der Waals surface area contributed by atoms with Gasteiger partial charge in [-0.1, -0.05) is 60.7 Å². The SMILES string of the molecule is [C-]#[N+]C(/C=C/C=C/c1ccc([N+](=O)[O-])cc1)OC1OC(CO)C(O)C(O)C1O.[C-]#[N+]C(OC1OC(CO)C(O)C(O)C1O)c1ccc2cc(OC)ccc2c1.[C-]#[N+]C(OC1OC(CO)C(O)C(O)C1O)c1ccc2ccccc2c1. The molecular weight excluding hydrogens is 1050 g/mol. The van der Waals surface area contributed by atoms with Gasteiger partial charge in [0.2, 0.25) is 0 Å². The number of nitro groups is 1. The first kappa shape index (κ1) is 62.3. The molecule has 3 heterocycles. The minimum atomic E-state index is -1.59. The average Bonchev–Trinajstić information content (AvgIpc) is 3.48. The summed E-state index contributed by atoms with van der Waals surface area (Å²) in [4.78, 5) is 20.2. The topological polar surface area (TPSA) is 364 Å². The highest BCUT2D eigenvalue weighted by Gasteiger charge is 2.48. The number of rotatable bonds is 16. The fraction of sp³-hybridized carbons (Fsp3) is 0.400. The first-order valence-corrected chi connectivity index (χ1v) is 24.5. The minimum absolute atomic E-state index is 0.0197. The summed E-state index contributed by atoms with van der Waals surface area (Å²) >= 11 is 0. The van der Waals surface area contributed by atoms with Gasteiger partial charge in [0, 0.05) is 18.2 Å². The van der Waals surface area contributed by atoms with E-state index in [2.05, 4.69) is 14.5 Å². The van der Waals surface area contributed by atoms with E-state index >= 15 is 0 Å². The number of aliphatic hydroxyl groups is 12. The van der Waals surface area contributed by atoms with Crippen molar-refractivity contribution in [1.29, 1.82) is 0 Å². The fourth-order valence-corrected chi connectivity index (χ4v) is 8.33. The van der Waals surface area contributed by atoms with Gasteiger partial charge in [0.1, 0.15) is 79.0 Å². The minimum Gasteiger partial charge on any atom is -0.497 e. The van der Waals surface area contributed by atoms with Crippen molar-refractivity contribution in [3.05, 3.63) is 182 Å². The Bertz CT molecular complexity index is 3000. The van der Waals surface area contributed by atoms with Crippen molar-refractivity contribution in [3.8, 4) is 5.75 Å². The van der Waals surface area contributed by atoms with Crippen molar-refractivity contribution in [2.24, 2.45) is 0 Å². The van der Waals surface area contributed by atoms with Gasteiger partial charge in [-0.25, -0.2) is 19.7 Å². The van der Waals surface area contributed by atoms with Crippen molar-refractivity contribution in [3.63, 3.8) is 0 Å². The van der Waals surface area contributed by atoms with Gasteiger partial charge in [-0.3, -0.25) is 38.9 Å². The van der Waals surface area contributed by atoms with E-state index in [1.807, 2.05) is 54.6 Å². The van der Waals surface area contributed by atoms with Crippen molar-refractivity contribution < 1.29 is 99.4 Å². The third-order valence-electron chi connectivity index (χ3n) is 12.9. The molecule has 0 aliphatic carbocycles. The number of methoxy groups -OCH3 is 1. The van der Waals surface area contributed by atoms with Gasteiger partial charge in [-0.2, -0.15) is 0 Å². The van der Waals surface area contributed by atoms with Gasteiger partial charge in [0.25, 0.3) is 5.69 Å². The zero-order valence-electron chi connectivity index (χ0n) is 42.5. The van der Waals surface area contributed by atoms with Crippen LogP contribution in [0, 0.1) is 29.8 Å². The summed E-state index contributed by atoms with van der Waals surface area (Å²) in [6, 6.07) is 29.8. The number of nitrogens with zero attached hydrogens (tertiary/aromatic N) is 4. The second-order valence-electron chi connectivity index (χ2n) is 18.2. The molecule has 0 aromatic heterocycles. The predicted octanol–water partition coefficient (Wildman–Crippen LogP) is 1.38. The van der Waals surface area contributed by atoms with E-state index < -0.39 is 136 Å². The molecule has 0 radical (unpaired) electrons. The maximum Gasteiger partial charge on any atom is 0.356 e. The van der Waals surface area contributed by atoms with Crippen LogP contribution in [0.4, 0.5) is 5.69 Å². The van der Waals surface area contributed by atoms with Crippen LogP contribution in [0.2, 0.25) is 0 Å². The van der Waals surface area contributed by atoms with E-state index in [0.29, 0.717) is 16.7 Å². The Hall–Kier alpha value is -6.95. The highest BCUT2D eigenvalue weighted by atomic mass is 16.7. The number of hydrogen-bond donors (Lipinski definition) is 12. The van der Waals surface area contributed by atoms with Crippen LogP contribution in [-0.2, 0) is 28.4 Å². The molecule has 0 spiro atoms. The fourth-order valence-electron chi connectivity index (χ4n) is 8.33. The normalized spacial score (nSPS) is 29.6. The molecule has 5 aromatic rings. The van der Waals surface area contributed by atoms with Gasteiger partial charge in [0.15, 0.2) is 18.9 Å². The molecular formula is C55H60N4O21. The molecule has 80 heavy (non-hydrogen) atoms. The molecule has 3 aliphatic heterocycles. The largest absolute Gasteiger partial charge is 0.497 e. The number of aliphatic hydroxyl groups excluding tert-OH is 12. The summed E-state index contributed by atoms with van der Waals surface area (Å²) in [5, 5.41) is 131. The van der Waals surface area contributed by atoms with E-state index in [-0.39, 0.29) is 5.69 Å². The Balaban J connectivity index is 0.000000194. The number of fused-ring (bicyclic) bond motifs is 2. The van der Waals surface area contributed by atoms with Crippen molar-refractivity contribution in [2.75, 3.05) is 26.9 Å². The van der Waals surface area contributed by atoms with Crippen LogP contribution in [-0.4, -0.2) is 191 Å². The summed E-state index contributed by atoms with van der Waals surface area (Å²) in [6.45, 7) is 20.2. The monoisotopic (exact) mass is 1110 g/mol. The Kier molecular flexibility index (Phi) is 22.9. The summed E-state index contributed by atoms with van der Waals surface area (Å²) in [5.74, 6) is 0.717. The van der Waals surface area contributed by atoms with Gasteiger partial charge >= 0.3 is 18.7 Å². The lowest BCUT2D eigenvalue weighted by Crippen LogP contribution is -2.59. The van der Waals surface area contributed by atoms with E-state index in [4.69, 9.17) is 58.0 Å². The molecule has 18 atom stereocenters. The van der Waals surface area contributed by atoms with Gasteiger partial charge in [0.05, 0.1) is 43.0 Å². The lowest BCUT2D eigenvalue weighted by molar-refractivity contribution is -0.384. The molecule has 426 valence electrons. The summed E-state index contributed by atoms with van der Waals surface area (Å²) in [7, 11) is 1.58. The number of ether oxygens (including phenoxy) is 7. The van der Waals surface area contributed by atoms with Crippen LogP contribution in [0.25, 0.3) is 42.2 Å². The summed E-state index contributed by atoms with van der Waals surface area (Å²) < 4.78 is 37.4. The molecule has 5 aromatic carbocycles. The zero-order chi connectivity index (χ0) is 58.2. The third kappa shape index (κ3) is 15.5. The Morgan fingerprint density at radius 1 is 0.537 bits per heavy atom. The molecule has 0 amide bonds. The lowest BCUT2D eigenvalue weighted by atomic mass is 9.99. The summed E-state index contributed by atoms with van der Waals surface area (Å²) in [6.07, 6.45) is -18.4. The molecule has 25 nitrogen and oxygen atoms in total. The number of benzene rings is 5. The maximum atomic E-state index is 10.6. The number of non-ortho nitro benzene ring substituents is 1. The summed E-state index contributed by atoms with van der Waals surface area (Å²) in [5.41, 5.74) is 1.81. The number of hydrogen-bond acceptors (Lipinski definition) is 21. The Morgan fingerprint density at radius 3 is 1.40 bits per heavy atom. The Labute approximate surface area is 457 Å². The van der Waals surface area contributed by atoms with Gasteiger partial charge in [-0.15, -0.1) is 0 Å². The lowest BCUT2D eigenvalue weighted by Gasteiger charge is -2.39. The average molecular weight is 1110 g/mol. The molecule has 3 aliphatic rings. The van der Waals surface area contributed by atoms with Crippen molar-refractivity contribution in [1.82, 2.24) is 0 Å². The zero-order valence-corrected chi connectivity index (χ0v) is 42.5. The van der Waals surface area contributed by atoms with E-state index in [0.717, 1.165) is 27.3 Å². The quantitative estimate of drug-likeness (QED) is 0.0287. The molecule has 8 rings (SSSR count). The van der Waals surface area contributed by atoms with Crippen LogP contribution >= 0.6 is 0 Å². The van der Waals surface area contributed by atoms with Crippen molar-refractivity contribution >= 4 is 33.3 Å². The van der Waals surface area contributed by atoms with Crippen molar-refractivity contribution in [2.45, 2.75) is 111 Å². The Morgan fingerprint density at radius 2 is 0.963 bits per heavy atom. The smallest absolute Gasteiger partial charge is 0.356 e. The number of nitro benzene ring substituents is 1. The molecule has 18 unspecified atom stereocenters.